The second-order valence-corrected chi connectivity index (χ2v) is 3.28. The van der Waals surface area contributed by atoms with Crippen LogP contribution < -0.4 is 5.32 Å². The molecule has 1 nitrogen and oxygen atoms in total. The monoisotopic (exact) mass is 175 g/mol. The third-order valence-electron chi connectivity index (χ3n) is 2.20. The van der Waals surface area contributed by atoms with Gasteiger partial charge in [-0.05, 0) is 26.0 Å². The molecule has 1 aromatic carbocycles. The summed E-state index contributed by atoms with van der Waals surface area (Å²) in [5, 5.41) is 3.28. The molecule has 0 fully saturated rings. The molecule has 1 N–H and O–H groups in total. The van der Waals surface area contributed by atoms with Crippen LogP contribution in [0.5, 0.6) is 0 Å². The molecule has 1 unspecified atom stereocenters. The molecule has 13 heavy (non-hydrogen) atoms. The van der Waals surface area contributed by atoms with E-state index in [9.17, 15) is 0 Å². The third-order valence-corrected chi connectivity index (χ3v) is 2.20. The SMILES string of the molecule is C=CCC(NC)c1cccc(C)c1. The standard InChI is InChI=1S/C12H17N/c1-4-6-12(13-3)11-8-5-7-10(2)9-11/h4-5,7-9,12-13H,1,6H2,2-3H3. The fraction of sp³-hybridized carbons (Fsp3) is 0.333. The molecule has 0 amide bonds. The number of rotatable bonds is 4. The van der Waals surface area contributed by atoms with Gasteiger partial charge >= 0.3 is 0 Å². The predicted molar refractivity (Wildman–Crippen MR) is 57.8 cm³/mol. The summed E-state index contributed by atoms with van der Waals surface area (Å²) < 4.78 is 0. The fourth-order valence-electron chi connectivity index (χ4n) is 1.47. The molecule has 0 aliphatic heterocycles. The summed E-state index contributed by atoms with van der Waals surface area (Å²) in [6.07, 6.45) is 2.92. The van der Waals surface area contributed by atoms with Gasteiger partial charge in [-0.3, -0.25) is 0 Å². The topological polar surface area (TPSA) is 12.0 Å². The first-order valence-corrected chi connectivity index (χ1v) is 4.62. The fourth-order valence-corrected chi connectivity index (χ4v) is 1.47. The van der Waals surface area contributed by atoms with Crippen molar-refractivity contribution in [2.24, 2.45) is 0 Å². The molecular formula is C12H17N. The first-order chi connectivity index (χ1) is 6.27. The largest absolute Gasteiger partial charge is 0.313 e. The highest BCUT2D eigenvalue weighted by Gasteiger charge is 2.05. The Morgan fingerprint density at radius 1 is 1.54 bits per heavy atom. The average molecular weight is 175 g/mol. The maximum Gasteiger partial charge on any atom is 0.0352 e. The summed E-state index contributed by atoms with van der Waals surface area (Å²) in [4.78, 5) is 0. The van der Waals surface area contributed by atoms with Crippen molar-refractivity contribution < 1.29 is 0 Å². The minimum absolute atomic E-state index is 0.400. The van der Waals surface area contributed by atoms with Crippen molar-refractivity contribution in [2.45, 2.75) is 19.4 Å². The summed E-state index contributed by atoms with van der Waals surface area (Å²) in [5.74, 6) is 0. The van der Waals surface area contributed by atoms with E-state index in [1.807, 2.05) is 13.1 Å². The molecule has 0 spiro atoms. The van der Waals surface area contributed by atoms with Crippen LogP contribution in [0.15, 0.2) is 36.9 Å². The van der Waals surface area contributed by atoms with Crippen LogP contribution in [0.4, 0.5) is 0 Å². The lowest BCUT2D eigenvalue weighted by atomic mass is 10.0. The molecule has 0 heterocycles. The number of hydrogen-bond acceptors (Lipinski definition) is 1. The summed E-state index contributed by atoms with van der Waals surface area (Å²) in [6, 6.07) is 8.97. The maximum atomic E-state index is 3.76. The van der Waals surface area contributed by atoms with Gasteiger partial charge in [0.2, 0.25) is 0 Å². The Labute approximate surface area is 80.5 Å². The molecule has 1 heteroatoms. The van der Waals surface area contributed by atoms with Crippen molar-refractivity contribution in [3.8, 4) is 0 Å². The smallest absolute Gasteiger partial charge is 0.0352 e. The van der Waals surface area contributed by atoms with Gasteiger partial charge < -0.3 is 5.32 Å². The number of hydrogen-bond donors (Lipinski definition) is 1. The van der Waals surface area contributed by atoms with E-state index in [2.05, 4.69) is 43.1 Å². The molecular weight excluding hydrogens is 158 g/mol. The van der Waals surface area contributed by atoms with E-state index in [0.29, 0.717) is 6.04 Å². The highest BCUT2D eigenvalue weighted by atomic mass is 14.9. The second kappa shape index (κ2) is 4.83. The van der Waals surface area contributed by atoms with E-state index in [1.165, 1.54) is 11.1 Å². The zero-order valence-corrected chi connectivity index (χ0v) is 8.38. The minimum Gasteiger partial charge on any atom is -0.313 e. The van der Waals surface area contributed by atoms with Crippen LogP contribution in [0.1, 0.15) is 23.6 Å². The van der Waals surface area contributed by atoms with Crippen molar-refractivity contribution in [3.05, 3.63) is 48.0 Å². The van der Waals surface area contributed by atoms with Gasteiger partial charge in [-0.2, -0.15) is 0 Å². The molecule has 1 rings (SSSR count). The van der Waals surface area contributed by atoms with Crippen LogP contribution in [0, 0.1) is 6.92 Å². The summed E-state index contributed by atoms with van der Waals surface area (Å²) in [6.45, 7) is 5.87. The molecule has 1 aromatic rings. The molecule has 1 atom stereocenters. The van der Waals surface area contributed by atoms with E-state index < -0.39 is 0 Å². The normalized spacial score (nSPS) is 12.5. The van der Waals surface area contributed by atoms with Gasteiger partial charge in [0.15, 0.2) is 0 Å². The highest BCUT2D eigenvalue weighted by molar-refractivity contribution is 5.25. The van der Waals surface area contributed by atoms with Crippen LogP contribution in [0.2, 0.25) is 0 Å². The lowest BCUT2D eigenvalue weighted by Crippen LogP contribution is -2.15. The second-order valence-electron chi connectivity index (χ2n) is 3.28. The molecule has 0 bridgehead atoms. The first kappa shape index (κ1) is 10.0. The molecule has 0 radical (unpaired) electrons. The lowest BCUT2D eigenvalue weighted by molar-refractivity contribution is 0.603. The van der Waals surface area contributed by atoms with Gasteiger partial charge in [0.1, 0.15) is 0 Å². The van der Waals surface area contributed by atoms with Gasteiger partial charge in [0.25, 0.3) is 0 Å². The third kappa shape index (κ3) is 2.71. The zero-order valence-electron chi connectivity index (χ0n) is 8.38. The van der Waals surface area contributed by atoms with Gasteiger partial charge in [-0.15, -0.1) is 6.58 Å². The van der Waals surface area contributed by atoms with Crippen LogP contribution in [0.3, 0.4) is 0 Å². The predicted octanol–water partition coefficient (Wildman–Crippen LogP) is 2.83. The van der Waals surface area contributed by atoms with Gasteiger partial charge in [0.05, 0.1) is 0 Å². The summed E-state index contributed by atoms with van der Waals surface area (Å²) >= 11 is 0. The molecule has 70 valence electrons. The Kier molecular flexibility index (Phi) is 3.71. The molecule has 0 saturated heterocycles. The van der Waals surface area contributed by atoms with Crippen molar-refractivity contribution in [1.82, 2.24) is 5.32 Å². The maximum absolute atomic E-state index is 3.76. The van der Waals surface area contributed by atoms with Gasteiger partial charge in [-0.25, -0.2) is 0 Å². The summed E-state index contributed by atoms with van der Waals surface area (Å²) in [7, 11) is 1.98. The minimum atomic E-state index is 0.400. The highest BCUT2D eigenvalue weighted by Crippen LogP contribution is 2.17. The van der Waals surface area contributed by atoms with Crippen molar-refractivity contribution in [2.75, 3.05) is 7.05 Å². The van der Waals surface area contributed by atoms with Crippen molar-refractivity contribution >= 4 is 0 Å². The van der Waals surface area contributed by atoms with E-state index in [1.54, 1.807) is 0 Å². The summed E-state index contributed by atoms with van der Waals surface area (Å²) in [5.41, 5.74) is 2.64. The molecule has 0 aliphatic carbocycles. The Morgan fingerprint density at radius 3 is 2.85 bits per heavy atom. The Hall–Kier alpha value is -1.08. The quantitative estimate of drug-likeness (QED) is 0.694. The van der Waals surface area contributed by atoms with Crippen LogP contribution in [0.25, 0.3) is 0 Å². The number of aryl methyl sites for hydroxylation is 1. The van der Waals surface area contributed by atoms with E-state index in [-0.39, 0.29) is 0 Å². The Balaban J connectivity index is 2.84. The van der Waals surface area contributed by atoms with Crippen LogP contribution >= 0.6 is 0 Å². The van der Waals surface area contributed by atoms with Crippen molar-refractivity contribution in [1.29, 1.82) is 0 Å². The molecule has 0 aliphatic rings. The van der Waals surface area contributed by atoms with Crippen LogP contribution in [-0.4, -0.2) is 7.05 Å². The average Bonchev–Trinajstić information content (AvgIpc) is 2.14. The molecule has 0 aromatic heterocycles. The Morgan fingerprint density at radius 2 is 2.31 bits per heavy atom. The van der Waals surface area contributed by atoms with Crippen LogP contribution in [-0.2, 0) is 0 Å². The Bertz CT molecular complexity index is 278. The number of nitrogens with one attached hydrogen (secondary N) is 1. The van der Waals surface area contributed by atoms with Crippen molar-refractivity contribution in [3.63, 3.8) is 0 Å². The lowest BCUT2D eigenvalue weighted by Gasteiger charge is -2.14. The van der Waals surface area contributed by atoms with E-state index in [4.69, 9.17) is 0 Å². The zero-order chi connectivity index (χ0) is 9.68. The first-order valence-electron chi connectivity index (χ1n) is 4.62. The van der Waals surface area contributed by atoms with Gasteiger partial charge in [0, 0.05) is 6.04 Å². The van der Waals surface area contributed by atoms with E-state index in [0.717, 1.165) is 6.42 Å². The number of benzene rings is 1. The van der Waals surface area contributed by atoms with Gasteiger partial charge in [-0.1, -0.05) is 35.9 Å². The molecule has 0 saturated carbocycles. The van der Waals surface area contributed by atoms with E-state index >= 15 is 0 Å².